The molecular weight excluding hydrogens is 381 g/mol. The van der Waals surface area contributed by atoms with E-state index in [4.69, 9.17) is 23.2 Å². The Morgan fingerprint density at radius 2 is 1.74 bits per heavy atom. The minimum Gasteiger partial charge on any atom is -0.336 e. The molecule has 1 saturated heterocycles. The average molecular weight is 400 g/mol. The van der Waals surface area contributed by atoms with E-state index >= 15 is 0 Å². The van der Waals surface area contributed by atoms with Crippen molar-refractivity contribution in [1.29, 1.82) is 0 Å². The number of pyridine rings is 1. The van der Waals surface area contributed by atoms with E-state index in [1.165, 1.54) is 5.56 Å². The zero-order chi connectivity index (χ0) is 18.8. The maximum absolute atomic E-state index is 12.7. The van der Waals surface area contributed by atoms with Crippen LogP contribution in [-0.4, -0.2) is 46.9 Å². The fraction of sp³-hybridized carbons (Fsp3) is 0.238. The van der Waals surface area contributed by atoms with E-state index in [-0.39, 0.29) is 5.91 Å². The lowest BCUT2D eigenvalue weighted by atomic mass is 10.1. The number of hydrogen-bond acceptors (Lipinski definition) is 3. The quantitative estimate of drug-likeness (QED) is 0.650. The normalized spacial score (nSPS) is 15.3. The van der Waals surface area contributed by atoms with Crippen LogP contribution in [0.5, 0.6) is 0 Å². The average Bonchev–Trinajstić information content (AvgIpc) is 2.70. The Morgan fingerprint density at radius 1 is 0.963 bits per heavy atom. The van der Waals surface area contributed by atoms with Gasteiger partial charge in [-0.2, -0.15) is 0 Å². The predicted octanol–water partition coefficient (Wildman–Crippen LogP) is 4.50. The van der Waals surface area contributed by atoms with Crippen molar-refractivity contribution in [2.24, 2.45) is 0 Å². The van der Waals surface area contributed by atoms with Gasteiger partial charge < -0.3 is 4.90 Å². The summed E-state index contributed by atoms with van der Waals surface area (Å²) in [6.07, 6.45) is 1.83. The third kappa shape index (κ3) is 3.93. The number of hydrogen-bond donors (Lipinski definition) is 0. The second kappa shape index (κ2) is 7.85. The molecule has 27 heavy (non-hydrogen) atoms. The molecule has 6 heteroatoms. The molecular formula is C21H19Cl2N3O. The highest BCUT2D eigenvalue weighted by molar-refractivity contribution is 6.42. The first-order chi connectivity index (χ1) is 13.1. The summed E-state index contributed by atoms with van der Waals surface area (Å²) >= 11 is 12.0. The number of nitrogens with zero attached hydrogens (tertiary/aromatic N) is 3. The minimum atomic E-state index is 0.0000410. The van der Waals surface area contributed by atoms with Crippen LogP contribution in [0, 0.1) is 0 Å². The fourth-order valence-corrected chi connectivity index (χ4v) is 3.75. The maximum Gasteiger partial charge on any atom is 0.253 e. The number of halogens is 2. The summed E-state index contributed by atoms with van der Waals surface area (Å²) in [6, 6.07) is 15.4. The highest BCUT2D eigenvalue weighted by atomic mass is 35.5. The highest BCUT2D eigenvalue weighted by Crippen LogP contribution is 2.24. The molecule has 4 nitrogen and oxygen atoms in total. The summed E-state index contributed by atoms with van der Waals surface area (Å²) in [5.41, 5.74) is 2.85. The molecule has 0 radical (unpaired) electrons. The van der Waals surface area contributed by atoms with E-state index in [9.17, 15) is 4.79 Å². The van der Waals surface area contributed by atoms with Gasteiger partial charge in [0.25, 0.3) is 5.91 Å². The minimum absolute atomic E-state index is 0.0000410. The molecule has 1 aliphatic rings. The van der Waals surface area contributed by atoms with Gasteiger partial charge in [-0.25, -0.2) is 0 Å². The van der Waals surface area contributed by atoms with Crippen molar-refractivity contribution < 1.29 is 4.79 Å². The number of benzene rings is 2. The Hall–Kier alpha value is -2.14. The monoisotopic (exact) mass is 399 g/mol. The van der Waals surface area contributed by atoms with Gasteiger partial charge in [0.05, 0.1) is 15.6 Å². The van der Waals surface area contributed by atoms with Gasteiger partial charge in [-0.15, -0.1) is 0 Å². The summed E-state index contributed by atoms with van der Waals surface area (Å²) in [7, 11) is 0. The van der Waals surface area contributed by atoms with Crippen LogP contribution < -0.4 is 0 Å². The van der Waals surface area contributed by atoms with Gasteiger partial charge in [0.1, 0.15) is 0 Å². The van der Waals surface area contributed by atoms with Crippen molar-refractivity contribution in [2.75, 3.05) is 26.2 Å². The highest BCUT2D eigenvalue weighted by Gasteiger charge is 2.23. The van der Waals surface area contributed by atoms with Crippen LogP contribution in [0.15, 0.2) is 54.7 Å². The molecule has 1 fully saturated rings. The molecule has 138 valence electrons. The predicted molar refractivity (Wildman–Crippen MR) is 109 cm³/mol. The Morgan fingerprint density at radius 3 is 2.52 bits per heavy atom. The zero-order valence-electron chi connectivity index (χ0n) is 14.7. The number of fused-ring (bicyclic) bond motifs is 1. The fourth-order valence-electron chi connectivity index (χ4n) is 3.46. The summed E-state index contributed by atoms with van der Waals surface area (Å²) in [5, 5.41) is 2.02. The molecule has 0 aliphatic carbocycles. The van der Waals surface area contributed by atoms with Crippen molar-refractivity contribution in [2.45, 2.75) is 6.54 Å². The van der Waals surface area contributed by atoms with E-state index < -0.39 is 0 Å². The second-order valence-electron chi connectivity index (χ2n) is 6.69. The van der Waals surface area contributed by atoms with Crippen LogP contribution in [-0.2, 0) is 6.54 Å². The number of para-hydroxylation sites is 1. The Balaban J connectivity index is 1.41. The van der Waals surface area contributed by atoms with Crippen molar-refractivity contribution in [3.05, 3.63) is 75.9 Å². The number of carbonyl (C=O) groups is 1. The van der Waals surface area contributed by atoms with Crippen LogP contribution in [0.1, 0.15) is 15.9 Å². The first-order valence-corrected chi connectivity index (χ1v) is 9.67. The van der Waals surface area contributed by atoms with Gasteiger partial charge in [-0.3, -0.25) is 14.7 Å². The van der Waals surface area contributed by atoms with Gasteiger partial charge >= 0.3 is 0 Å². The van der Waals surface area contributed by atoms with Crippen LogP contribution in [0.3, 0.4) is 0 Å². The number of aromatic nitrogens is 1. The topological polar surface area (TPSA) is 36.4 Å². The lowest BCUT2D eigenvalue weighted by Gasteiger charge is -2.35. The first-order valence-electron chi connectivity index (χ1n) is 8.91. The van der Waals surface area contributed by atoms with Crippen LogP contribution in [0.25, 0.3) is 10.9 Å². The SMILES string of the molecule is O=C(c1ccc(Cl)c(Cl)c1)N1CCN(Cc2cccc3cccnc23)CC1. The molecule has 4 rings (SSSR count). The largest absolute Gasteiger partial charge is 0.336 e. The molecule has 0 N–H and O–H groups in total. The van der Waals surface area contributed by atoms with Crippen LogP contribution in [0.2, 0.25) is 10.0 Å². The van der Waals surface area contributed by atoms with E-state index in [0.29, 0.717) is 28.7 Å². The van der Waals surface area contributed by atoms with Crippen molar-refractivity contribution in [3.8, 4) is 0 Å². The van der Waals surface area contributed by atoms with Gasteiger partial charge in [0.2, 0.25) is 0 Å². The van der Waals surface area contributed by atoms with Crippen molar-refractivity contribution in [1.82, 2.24) is 14.8 Å². The lowest BCUT2D eigenvalue weighted by Crippen LogP contribution is -2.48. The van der Waals surface area contributed by atoms with Gasteiger partial charge in [-0.1, -0.05) is 47.5 Å². The second-order valence-corrected chi connectivity index (χ2v) is 7.50. The van der Waals surface area contributed by atoms with Gasteiger partial charge in [0.15, 0.2) is 0 Å². The molecule has 0 bridgehead atoms. The van der Waals surface area contributed by atoms with Crippen LogP contribution in [0.4, 0.5) is 0 Å². The van der Waals surface area contributed by atoms with Crippen molar-refractivity contribution in [3.63, 3.8) is 0 Å². The lowest BCUT2D eigenvalue weighted by molar-refractivity contribution is 0.0629. The van der Waals surface area contributed by atoms with Gasteiger partial charge in [0, 0.05) is 49.9 Å². The summed E-state index contributed by atoms with van der Waals surface area (Å²) in [5.74, 6) is 0.0000410. The Bertz CT molecular complexity index is 979. The molecule has 2 heterocycles. The molecule has 2 aromatic carbocycles. The summed E-state index contributed by atoms with van der Waals surface area (Å²) in [6.45, 7) is 3.88. The van der Waals surface area contributed by atoms with E-state index in [1.807, 2.05) is 17.2 Å². The van der Waals surface area contributed by atoms with Crippen molar-refractivity contribution >= 4 is 40.0 Å². The summed E-state index contributed by atoms with van der Waals surface area (Å²) < 4.78 is 0. The van der Waals surface area contributed by atoms with E-state index in [1.54, 1.807) is 18.2 Å². The van der Waals surface area contributed by atoms with Crippen LogP contribution >= 0.6 is 23.2 Å². The summed E-state index contributed by atoms with van der Waals surface area (Å²) in [4.78, 5) is 21.5. The third-order valence-corrected chi connectivity index (χ3v) is 5.68. The smallest absolute Gasteiger partial charge is 0.253 e. The number of carbonyl (C=O) groups excluding carboxylic acids is 1. The zero-order valence-corrected chi connectivity index (χ0v) is 16.2. The molecule has 1 amide bonds. The van der Waals surface area contributed by atoms with Gasteiger partial charge in [-0.05, 0) is 29.8 Å². The Kier molecular flexibility index (Phi) is 5.30. The molecule has 0 spiro atoms. The third-order valence-electron chi connectivity index (χ3n) is 4.94. The molecule has 0 saturated carbocycles. The van der Waals surface area contributed by atoms with E-state index in [2.05, 4.69) is 34.1 Å². The number of piperazine rings is 1. The molecule has 1 aliphatic heterocycles. The molecule has 0 atom stereocenters. The number of amides is 1. The molecule has 0 unspecified atom stereocenters. The van der Waals surface area contributed by atoms with E-state index in [0.717, 1.165) is 30.5 Å². The first kappa shape index (κ1) is 18.2. The number of rotatable bonds is 3. The Labute approximate surface area is 168 Å². The standard InChI is InChI=1S/C21H19Cl2N3O/c22-18-7-6-16(13-19(18)23)21(27)26-11-9-25(10-12-26)14-17-4-1-3-15-5-2-8-24-20(15)17/h1-8,13H,9-12,14H2. The maximum atomic E-state index is 12.7. The molecule has 1 aromatic heterocycles. The molecule has 3 aromatic rings.